The van der Waals surface area contributed by atoms with Crippen molar-refractivity contribution in [2.75, 3.05) is 19.6 Å². The summed E-state index contributed by atoms with van der Waals surface area (Å²) in [4.78, 5) is 2.34. The second-order valence-corrected chi connectivity index (χ2v) is 6.52. The van der Waals surface area contributed by atoms with Crippen LogP contribution in [-0.2, 0) is 12.7 Å². The van der Waals surface area contributed by atoms with Gasteiger partial charge in [0, 0.05) is 31.7 Å². The summed E-state index contributed by atoms with van der Waals surface area (Å²) in [6.07, 6.45) is -1.67. The lowest BCUT2D eigenvalue weighted by molar-refractivity contribution is -0.137. The molecule has 2 aliphatic rings. The van der Waals surface area contributed by atoms with Gasteiger partial charge in [0.05, 0.1) is 5.56 Å². The summed E-state index contributed by atoms with van der Waals surface area (Å²) >= 11 is 0. The topological polar surface area (TPSA) is 15.3 Å². The smallest absolute Gasteiger partial charge is 0.309 e. The van der Waals surface area contributed by atoms with E-state index in [0.29, 0.717) is 0 Å². The summed E-state index contributed by atoms with van der Waals surface area (Å²) in [7, 11) is 0. The van der Waals surface area contributed by atoms with Crippen LogP contribution in [0.3, 0.4) is 0 Å². The van der Waals surface area contributed by atoms with E-state index in [-0.39, 0.29) is 5.54 Å². The Morgan fingerprint density at radius 2 is 1.90 bits per heavy atom. The summed E-state index contributed by atoms with van der Waals surface area (Å²) in [6, 6.07) is 5.55. The van der Waals surface area contributed by atoms with Gasteiger partial charge in [0.2, 0.25) is 0 Å². The van der Waals surface area contributed by atoms with Gasteiger partial charge in [0.1, 0.15) is 0 Å². The van der Waals surface area contributed by atoms with Crippen LogP contribution in [0, 0.1) is 5.92 Å². The third-order valence-electron chi connectivity index (χ3n) is 4.67. The molecule has 116 valence electrons. The van der Waals surface area contributed by atoms with Crippen LogP contribution in [0.2, 0.25) is 0 Å². The molecule has 0 bridgehead atoms. The van der Waals surface area contributed by atoms with Crippen molar-refractivity contribution in [1.82, 2.24) is 10.2 Å². The Morgan fingerprint density at radius 3 is 2.48 bits per heavy atom. The number of hydrogen-bond donors (Lipinski definition) is 1. The molecule has 3 rings (SSSR count). The van der Waals surface area contributed by atoms with Crippen LogP contribution >= 0.6 is 0 Å². The largest absolute Gasteiger partial charge is 0.416 e. The molecule has 0 radical (unpaired) electrons. The Balaban J connectivity index is 1.63. The fourth-order valence-corrected chi connectivity index (χ4v) is 3.29. The first-order valence-electron chi connectivity index (χ1n) is 7.50. The zero-order chi connectivity index (χ0) is 15.1. The standard InChI is InChI=1S/C16H21F3N2/c1-15(13-6-7-13)11-21(9-8-20-15)10-12-2-4-14(5-3-12)16(17,18)19/h2-5,13,20H,6-11H2,1H3. The highest BCUT2D eigenvalue weighted by Crippen LogP contribution is 2.41. The predicted molar refractivity (Wildman–Crippen MR) is 75.9 cm³/mol. The average molecular weight is 298 g/mol. The molecule has 21 heavy (non-hydrogen) atoms. The van der Waals surface area contributed by atoms with Gasteiger partial charge in [0.25, 0.3) is 0 Å². The van der Waals surface area contributed by atoms with Crippen LogP contribution < -0.4 is 5.32 Å². The second-order valence-electron chi connectivity index (χ2n) is 6.52. The lowest BCUT2D eigenvalue weighted by atomic mass is 9.92. The van der Waals surface area contributed by atoms with E-state index in [2.05, 4.69) is 17.1 Å². The van der Waals surface area contributed by atoms with Gasteiger partial charge in [-0.3, -0.25) is 4.90 Å². The molecule has 2 fully saturated rings. The molecule has 1 aliphatic carbocycles. The SMILES string of the molecule is CC1(C2CC2)CN(Cc2ccc(C(F)(F)F)cc2)CCN1. The number of benzene rings is 1. The third kappa shape index (κ3) is 3.40. The highest BCUT2D eigenvalue weighted by Gasteiger charge is 2.43. The number of rotatable bonds is 3. The van der Waals surface area contributed by atoms with Crippen molar-refractivity contribution in [3.8, 4) is 0 Å². The number of alkyl halides is 3. The molecule has 1 saturated heterocycles. The van der Waals surface area contributed by atoms with Gasteiger partial charge in [-0.2, -0.15) is 13.2 Å². The van der Waals surface area contributed by atoms with Crippen LogP contribution in [0.4, 0.5) is 13.2 Å². The second kappa shape index (κ2) is 5.29. The van der Waals surface area contributed by atoms with Gasteiger partial charge in [-0.1, -0.05) is 12.1 Å². The molecule has 0 amide bonds. The van der Waals surface area contributed by atoms with Crippen molar-refractivity contribution in [1.29, 1.82) is 0 Å². The van der Waals surface area contributed by atoms with E-state index in [1.807, 2.05) is 0 Å². The average Bonchev–Trinajstić information content (AvgIpc) is 3.23. The van der Waals surface area contributed by atoms with E-state index >= 15 is 0 Å². The molecule has 0 aromatic heterocycles. The minimum Gasteiger partial charge on any atom is -0.309 e. The van der Waals surface area contributed by atoms with E-state index in [1.54, 1.807) is 12.1 Å². The highest BCUT2D eigenvalue weighted by atomic mass is 19.4. The van der Waals surface area contributed by atoms with Crippen molar-refractivity contribution in [3.05, 3.63) is 35.4 Å². The number of nitrogens with one attached hydrogen (secondary N) is 1. The predicted octanol–water partition coefficient (Wildman–Crippen LogP) is 3.28. The summed E-state index contributed by atoms with van der Waals surface area (Å²) in [5.41, 5.74) is 0.543. The fourth-order valence-electron chi connectivity index (χ4n) is 3.29. The Labute approximate surface area is 123 Å². The van der Waals surface area contributed by atoms with Crippen LogP contribution in [0.1, 0.15) is 30.9 Å². The first-order valence-corrected chi connectivity index (χ1v) is 7.50. The minimum atomic E-state index is -4.25. The molecule has 1 aliphatic heterocycles. The lowest BCUT2D eigenvalue weighted by Crippen LogP contribution is -2.59. The molecule has 1 atom stereocenters. The van der Waals surface area contributed by atoms with E-state index in [0.717, 1.165) is 37.7 Å². The molecule has 1 aromatic rings. The zero-order valence-electron chi connectivity index (χ0n) is 12.2. The van der Waals surface area contributed by atoms with Gasteiger partial charge in [-0.25, -0.2) is 0 Å². The first kappa shape index (κ1) is 14.9. The summed E-state index contributed by atoms with van der Waals surface area (Å²) in [5, 5.41) is 3.61. The maximum absolute atomic E-state index is 12.6. The molecule has 1 saturated carbocycles. The molecule has 1 aromatic carbocycles. The fraction of sp³-hybridized carbons (Fsp3) is 0.625. The Bertz CT molecular complexity index is 493. The van der Waals surface area contributed by atoms with Crippen LogP contribution in [-0.4, -0.2) is 30.1 Å². The molecule has 1 unspecified atom stereocenters. The van der Waals surface area contributed by atoms with Gasteiger partial charge < -0.3 is 5.32 Å². The summed E-state index contributed by atoms with van der Waals surface area (Å²) in [5.74, 6) is 0.757. The molecule has 1 heterocycles. The monoisotopic (exact) mass is 298 g/mol. The van der Waals surface area contributed by atoms with Gasteiger partial charge in [0.15, 0.2) is 0 Å². The van der Waals surface area contributed by atoms with Gasteiger partial charge >= 0.3 is 6.18 Å². The van der Waals surface area contributed by atoms with Crippen LogP contribution in [0.15, 0.2) is 24.3 Å². The van der Waals surface area contributed by atoms with E-state index in [4.69, 9.17) is 0 Å². The maximum atomic E-state index is 12.6. The molecule has 1 N–H and O–H groups in total. The van der Waals surface area contributed by atoms with E-state index in [1.165, 1.54) is 25.0 Å². The Kier molecular flexibility index (Phi) is 3.74. The first-order chi connectivity index (χ1) is 9.87. The van der Waals surface area contributed by atoms with Crippen molar-refractivity contribution in [3.63, 3.8) is 0 Å². The van der Waals surface area contributed by atoms with Gasteiger partial charge in [-0.05, 0) is 43.4 Å². The van der Waals surface area contributed by atoms with Gasteiger partial charge in [-0.15, -0.1) is 0 Å². The Morgan fingerprint density at radius 1 is 1.24 bits per heavy atom. The number of hydrogen-bond acceptors (Lipinski definition) is 2. The molecule has 5 heteroatoms. The number of halogens is 3. The van der Waals surface area contributed by atoms with E-state index < -0.39 is 11.7 Å². The summed E-state index contributed by atoms with van der Waals surface area (Å²) < 4.78 is 37.7. The van der Waals surface area contributed by atoms with Crippen molar-refractivity contribution >= 4 is 0 Å². The normalized spacial score (nSPS) is 27.8. The van der Waals surface area contributed by atoms with Crippen molar-refractivity contribution < 1.29 is 13.2 Å². The highest BCUT2D eigenvalue weighted by molar-refractivity contribution is 5.24. The maximum Gasteiger partial charge on any atom is 0.416 e. The minimum absolute atomic E-state index is 0.171. The number of nitrogens with zero attached hydrogens (tertiary/aromatic N) is 1. The molecule has 0 spiro atoms. The van der Waals surface area contributed by atoms with E-state index in [9.17, 15) is 13.2 Å². The van der Waals surface area contributed by atoms with Crippen LogP contribution in [0.5, 0.6) is 0 Å². The Hall–Kier alpha value is -1.07. The number of piperazine rings is 1. The third-order valence-corrected chi connectivity index (χ3v) is 4.67. The van der Waals surface area contributed by atoms with Crippen molar-refractivity contribution in [2.24, 2.45) is 5.92 Å². The lowest BCUT2D eigenvalue weighted by Gasteiger charge is -2.42. The zero-order valence-corrected chi connectivity index (χ0v) is 12.2. The molecular weight excluding hydrogens is 277 g/mol. The summed E-state index contributed by atoms with van der Waals surface area (Å²) in [6.45, 7) is 5.86. The molecular formula is C16H21F3N2. The van der Waals surface area contributed by atoms with Crippen LogP contribution in [0.25, 0.3) is 0 Å². The van der Waals surface area contributed by atoms with Crippen molar-refractivity contribution in [2.45, 2.75) is 38.0 Å². The molecule has 2 nitrogen and oxygen atoms in total. The quantitative estimate of drug-likeness (QED) is 0.921.